The summed E-state index contributed by atoms with van der Waals surface area (Å²) in [7, 11) is 0. The molecule has 0 saturated carbocycles. The molecule has 2 aromatic heterocycles. The van der Waals surface area contributed by atoms with E-state index in [0.717, 1.165) is 27.4 Å². The molecule has 2 heterocycles. The summed E-state index contributed by atoms with van der Waals surface area (Å²) < 4.78 is 1.58. The number of thiophene rings is 1. The van der Waals surface area contributed by atoms with Crippen LogP contribution in [-0.4, -0.2) is 21.2 Å². The van der Waals surface area contributed by atoms with Gasteiger partial charge in [-0.3, -0.25) is 14.2 Å². The van der Waals surface area contributed by atoms with E-state index in [0.29, 0.717) is 17.1 Å². The van der Waals surface area contributed by atoms with Crippen LogP contribution in [0.25, 0.3) is 10.2 Å². The zero-order valence-corrected chi connectivity index (χ0v) is 17.9. The van der Waals surface area contributed by atoms with Crippen LogP contribution >= 0.6 is 23.1 Å². The predicted octanol–water partition coefficient (Wildman–Crippen LogP) is 4.55. The van der Waals surface area contributed by atoms with Crippen molar-refractivity contribution < 1.29 is 4.79 Å². The molecule has 0 aliphatic carbocycles. The van der Waals surface area contributed by atoms with Crippen LogP contribution in [0, 0.1) is 13.8 Å². The van der Waals surface area contributed by atoms with Crippen molar-refractivity contribution in [2.75, 3.05) is 11.1 Å². The van der Waals surface area contributed by atoms with Crippen molar-refractivity contribution in [3.63, 3.8) is 0 Å². The number of thioether (sulfide) groups is 1. The number of amides is 1. The molecule has 5 nitrogen and oxygen atoms in total. The van der Waals surface area contributed by atoms with Crippen LogP contribution in [0.1, 0.15) is 22.9 Å². The monoisotopic (exact) mass is 413 g/mol. The van der Waals surface area contributed by atoms with E-state index in [1.165, 1.54) is 28.7 Å². The van der Waals surface area contributed by atoms with E-state index in [-0.39, 0.29) is 17.2 Å². The number of fused-ring (bicyclic) bond motifs is 1. The minimum absolute atomic E-state index is 0.0853. The Morgan fingerprint density at radius 1 is 1.32 bits per heavy atom. The first-order valence-corrected chi connectivity index (χ1v) is 10.9. The number of aromatic nitrogens is 2. The predicted molar refractivity (Wildman–Crippen MR) is 119 cm³/mol. The van der Waals surface area contributed by atoms with Gasteiger partial charge in [-0.15, -0.1) is 17.9 Å². The van der Waals surface area contributed by atoms with Crippen LogP contribution in [0.2, 0.25) is 0 Å². The second-order valence-electron chi connectivity index (χ2n) is 6.52. The third-order valence-corrected chi connectivity index (χ3v) is 6.60. The van der Waals surface area contributed by atoms with Crippen molar-refractivity contribution >= 4 is 44.9 Å². The van der Waals surface area contributed by atoms with Crippen LogP contribution in [0.15, 0.2) is 46.9 Å². The van der Waals surface area contributed by atoms with E-state index in [1.807, 2.05) is 38.1 Å². The quantitative estimate of drug-likeness (QED) is 0.350. The van der Waals surface area contributed by atoms with Gasteiger partial charge >= 0.3 is 0 Å². The normalized spacial score (nSPS) is 11.0. The molecule has 0 atom stereocenters. The Balaban J connectivity index is 1.81. The Morgan fingerprint density at radius 3 is 2.79 bits per heavy atom. The highest BCUT2D eigenvalue weighted by Crippen LogP contribution is 2.25. The summed E-state index contributed by atoms with van der Waals surface area (Å²) >= 11 is 2.79. The summed E-state index contributed by atoms with van der Waals surface area (Å²) in [6, 6.07) is 7.74. The first kappa shape index (κ1) is 20.4. The summed E-state index contributed by atoms with van der Waals surface area (Å²) in [4.78, 5) is 31.7. The number of nitrogens with one attached hydrogen (secondary N) is 1. The van der Waals surface area contributed by atoms with Crippen LogP contribution in [0.3, 0.4) is 0 Å². The van der Waals surface area contributed by atoms with Crippen molar-refractivity contribution in [1.82, 2.24) is 9.55 Å². The number of rotatable bonds is 7. The lowest BCUT2D eigenvalue weighted by Gasteiger charge is -2.10. The lowest BCUT2D eigenvalue weighted by atomic mass is 10.1. The minimum Gasteiger partial charge on any atom is -0.325 e. The van der Waals surface area contributed by atoms with E-state index < -0.39 is 0 Å². The molecule has 0 radical (unpaired) electrons. The first-order chi connectivity index (χ1) is 13.4. The molecule has 0 aliphatic heterocycles. The van der Waals surface area contributed by atoms with Gasteiger partial charge in [-0.25, -0.2) is 4.98 Å². The molecule has 0 unspecified atom stereocenters. The number of allylic oxidation sites excluding steroid dienone is 1. The number of carbonyl (C=O) groups excluding carboxylic acids is 1. The third kappa shape index (κ3) is 4.36. The summed E-state index contributed by atoms with van der Waals surface area (Å²) in [5.74, 6) is 0.0433. The molecule has 7 heteroatoms. The molecular formula is C21H23N3O2S2. The molecule has 0 bridgehead atoms. The number of hydrogen-bond acceptors (Lipinski definition) is 5. The fourth-order valence-electron chi connectivity index (χ4n) is 2.77. The molecule has 0 aliphatic rings. The third-order valence-electron chi connectivity index (χ3n) is 4.45. The van der Waals surface area contributed by atoms with E-state index in [9.17, 15) is 9.59 Å². The Morgan fingerprint density at radius 2 is 2.11 bits per heavy atom. The Kier molecular flexibility index (Phi) is 6.36. The minimum atomic E-state index is -0.131. The molecule has 0 saturated heterocycles. The average Bonchev–Trinajstić information content (AvgIpc) is 3.09. The van der Waals surface area contributed by atoms with Crippen molar-refractivity contribution in [3.05, 3.63) is 63.3 Å². The van der Waals surface area contributed by atoms with Gasteiger partial charge in [0.05, 0.1) is 11.1 Å². The van der Waals surface area contributed by atoms with Crippen LogP contribution < -0.4 is 10.9 Å². The molecular weight excluding hydrogens is 390 g/mol. The van der Waals surface area contributed by atoms with Gasteiger partial charge in [0.15, 0.2) is 5.16 Å². The number of aryl methyl sites for hydroxylation is 3. The first-order valence-electron chi connectivity index (χ1n) is 9.07. The molecule has 3 rings (SSSR count). The highest BCUT2D eigenvalue weighted by Gasteiger charge is 2.15. The average molecular weight is 414 g/mol. The lowest BCUT2D eigenvalue weighted by molar-refractivity contribution is -0.113. The number of hydrogen-bond donors (Lipinski definition) is 1. The van der Waals surface area contributed by atoms with E-state index in [2.05, 4.69) is 23.8 Å². The number of anilines is 1. The van der Waals surface area contributed by atoms with Crippen molar-refractivity contribution in [2.45, 2.75) is 38.9 Å². The number of benzene rings is 1. The molecule has 0 spiro atoms. The Hall–Kier alpha value is -2.38. The number of nitrogens with zero attached hydrogens (tertiary/aromatic N) is 2. The van der Waals surface area contributed by atoms with Gasteiger partial charge in [0.25, 0.3) is 5.56 Å². The van der Waals surface area contributed by atoms with Gasteiger partial charge in [-0.05, 0) is 49.6 Å². The second-order valence-corrected chi connectivity index (χ2v) is 8.58. The fraction of sp³-hybridized carbons (Fsp3) is 0.286. The molecule has 146 valence electrons. The van der Waals surface area contributed by atoms with Crippen molar-refractivity contribution in [1.29, 1.82) is 0 Å². The molecule has 1 amide bonds. The highest BCUT2D eigenvalue weighted by molar-refractivity contribution is 7.99. The van der Waals surface area contributed by atoms with Gasteiger partial charge in [0.2, 0.25) is 5.91 Å². The largest absolute Gasteiger partial charge is 0.325 e. The SMILES string of the molecule is C=CCn1c(SCC(=O)Nc2ccc(C)c(C)c2)nc2sc(CC)cc2c1=O. The Labute approximate surface area is 172 Å². The molecule has 1 aromatic carbocycles. The zero-order valence-electron chi connectivity index (χ0n) is 16.2. The summed E-state index contributed by atoms with van der Waals surface area (Å²) in [5, 5.41) is 4.08. The standard InChI is InChI=1S/C21H23N3O2S2/c1-5-9-24-20(26)17-11-16(6-2)28-19(17)23-21(24)27-12-18(25)22-15-8-7-13(3)14(4)10-15/h5,7-8,10-11H,1,6,9,12H2,2-4H3,(H,22,25). The van der Waals surface area contributed by atoms with Gasteiger partial charge < -0.3 is 5.32 Å². The van der Waals surface area contributed by atoms with E-state index in [1.54, 1.807) is 10.6 Å². The van der Waals surface area contributed by atoms with Gasteiger partial charge in [-0.2, -0.15) is 0 Å². The lowest BCUT2D eigenvalue weighted by Crippen LogP contribution is -2.23. The van der Waals surface area contributed by atoms with Gasteiger partial charge in [0, 0.05) is 17.1 Å². The van der Waals surface area contributed by atoms with Crippen molar-refractivity contribution in [2.24, 2.45) is 0 Å². The smallest absolute Gasteiger partial charge is 0.263 e. The maximum Gasteiger partial charge on any atom is 0.263 e. The zero-order chi connectivity index (χ0) is 20.3. The van der Waals surface area contributed by atoms with E-state index >= 15 is 0 Å². The summed E-state index contributed by atoms with van der Waals surface area (Å²) in [5.41, 5.74) is 2.99. The van der Waals surface area contributed by atoms with Crippen LogP contribution in [-0.2, 0) is 17.8 Å². The number of carbonyl (C=O) groups is 1. The highest BCUT2D eigenvalue weighted by atomic mass is 32.2. The van der Waals surface area contributed by atoms with Crippen molar-refractivity contribution in [3.8, 4) is 0 Å². The van der Waals surface area contributed by atoms with Crippen LogP contribution in [0.5, 0.6) is 0 Å². The van der Waals surface area contributed by atoms with E-state index in [4.69, 9.17) is 0 Å². The molecule has 0 fully saturated rings. The summed E-state index contributed by atoms with van der Waals surface area (Å²) in [6.45, 7) is 10.2. The topological polar surface area (TPSA) is 64.0 Å². The molecule has 3 aromatic rings. The van der Waals surface area contributed by atoms with Gasteiger partial charge in [0.1, 0.15) is 4.83 Å². The molecule has 28 heavy (non-hydrogen) atoms. The fourth-order valence-corrected chi connectivity index (χ4v) is 4.59. The second kappa shape index (κ2) is 8.75. The van der Waals surface area contributed by atoms with Crippen LogP contribution in [0.4, 0.5) is 5.69 Å². The molecule has 1 N–H and O–H groups in total. The maximum absolute atomic E-state index is 12.8. The van der Waals surface area contributed by atoms with Gasteiger partial charge in [-0.1, -0.05) is 30.8 Å². The maximum atomic E-state index is 12.8. The Bertz CT molecular complexity index is 1100. The summed E-state index contributed by atoms with van der Waals surface area (Å²) in [6.07, 6.45) is 2.53.